The molecule has 1 saturated heterocycles. The molecule has 1 N–H and O–H groups in total. The summed E-state index contributed by atoms with van der Waals surface area (Å²) < 4.78 is 0. The van der Waals surface area contributed by atoms with Crippen LogP contribution in [0.5, 0.6) is 0 Å². The molecule has 3 atom stereocenters. The van der Waals surface area contributed by atoms with E-state index < -0.39 is 17.9 Å². The van der Waals surface area contributed by atoms with Crippen LogP contribution in [0.1, 0.15) is 25.1 Å². The van der Waals surface area contributed by atoms with Crippen LogP contribution in [0.15, 0.2) is 65.6 Å². The first kappa shape index (κ1) is 25.0. The summed E-state index contributed by atoms with van der Waals surface area (Å²) in [6.45, 7) is 2.15. The van der Waals surface area contributed by atoms with Gasteiger partial charge in [-0.05, 0) is 18.6 Å². The maximum absolute atomic E-state index is 12.9. The minimum Gasteiger partial charge on any atom is -1.00 e. The van der Waals surface area contributed by atoms with E-state index in [-0.39, 0.29) is 47.3 Å². The van der Waals surface area contributed by atoms with Gasteiger partial charge in [0.25, 0.3) is 0 Å². The number of amides is 1. The molecule has 5 nitrogen and oxygen atoms in total. The predicted molar refractivity (Wildman–Crippen MR) is 117 cm³/mol. The van der Waals surface area contributed by atoms with E-state index in [4.69, 9.17) is 0 Å². The molecule has 0 saturated carbocycles. The van der Waals surface area contributed by atoms with Gasteiger partial charge in [0.15, 0.2) is 0 Å². The van der Waals surface area contributed by atoms with Gasteiger partial charge < -0.3 is 11.4 Å². The van der Waals surface area contributed by atoms with Gasteiger partial charge in [-0.15, -0.1) is 11.8 Å². The second-order valence-corrected chi connectivity index (χ2v) is 9.37. The van der Waals surface area contributed by atoms with Gasteiger partial charge in [-0.1, -0.05) is 67.2 Å². The number of rotatable bonds is 7. The molecule has 2 aromatic rings. The number of hydrogen-bond donors (Lipinski definition) is 1. The molecule has 1 aliphatic rings. The summed E-state index contributed by atoms with van der Waals surface area (Å²) in [6.07, 6.45) is 0.420. The Labute approximate surface area is 208 Å². The summed E-state index contributed by atoms with van der Waals surface area (Å²) in [4.78, 5) is 39.5. The molecule has 1 fully saturated rings. The van der Waals surface area contributed by atoms with Crippen LogP contribution in [0.4, 0.5) is 0 Å². The number of aliphatic carboxylic acids is 1. The molecule has 30 heavy (non-hydrogen) atoms. The molecular formula is C22H24NNaO4S2. The van der Waals surface area contributed by atoms with E-state index in [1.54, 1.807) is 43.0 Å². The molecule has 0 radical (unpaired) electrons. The Morgan fingerprint density at radius 2 is 1.70 bits per heavy atom. The number of carbonyl (C=O) groups is 3. The summed E-state index contributed by atoms with van der Waals surface area (Å²) in [7, 11) is 0. The summed E-state index contributed by atoms with van der Waals surface area (Å²) in [5.41, 5.74) is 0.598. The van der Waals surface area contributed by atoms with Crippen molar-refractivity contribution in [1.29, 1.82) is 0 Å². The Hall–Kier alpha value is -1.25. The summed E-state index contributed by atoms with van der Waals surface area (Å²) in [5, 5.41) is 9.55. The quantitative estimate of drug-likeness (QED) is 0.635. The first-order chi connectivity index (χ1) is 14.0. The largest absolute Gasteiger partial charge is 1.00 e. The van der Waals surface area contributed by atoms with E-state index in [0.29, 0.717) is 24.3 Å². The molecule has 0 spiro atoms. The van der Waals surface area contributed by atoms with Crippen LogP contribution < -0.4 is 29.6 Å². The molecule has 8 heteroatoms. The third-order valence-electron chi connectivity index (χ3n) is 4.77. The predicted octanol–water partition coefficient (Wildman–Crippen LogP) is 1.16. The zero-order valence-corrected chi connectivity index (χ0v) is 20.7. The fourth-order valence-corrected chi connectivity index (χ4v) is 5.32. The standard InChI is InChI=1S/C22H23NO4S2.Na.H/c1-15(14-28-22(27)16-8-4-2-5-9-16)20(24)23-13-18(12-19(23)21(25)26)29-17-10-6-3-7-11-17;;/h2-11,15,18-19H,12-14H2,1H3,(H,25,26);;/q;+1;-1/t15?,18-,19-;;/m0../s1. The zero-order valence-electron chi connectivity index (χ0n) is 18.1. The van der Waals surface area contributed by atoms with Crippen LogP contribution in [0.25, 0.3) is 0 Å². The van der Waals surface area contributed by atoms with Gasteiger partial charge in [-0.3, -0.25) is 9.59 Å². The Kier molecular flexibility index (Phi) is 9.97. The summed E-state index contributed by atoms with van der Waals surface area (Å²) in [6, 6.07) is 17.9. The van der Waals surface area contributed by atoms with Gasteiger partial charge in [0.1, 0.15) is 6.04 Å². The first-order valence-corrected chi connectivity index (χ1v) is 11.3. The third-order valence-corrected chi connectivity index (χ3v) is 7.16. The molecule has 1 unspecified atom stereocenters. The number of carbonyl (C=O) groups excluding carboxylic acids is 2. The molecular weight excluding hydrogens is 429 g/mol. The minimum absolute atomic E-state index is 0. The van der Waals surface area contributed by atoms with Crippen LogP contribution in [-0.2, 0) is 9.59 Å². The van der Waals surface area contributed by atoms with Gasteiger partial charge in [0.2, 0.25) is 11.0 Å². The van der Waals surface area contributed by atoms with Crippen LogP contribution in [0.2, 0.25) is 0 Å². The van der Waals surface area contributed by atoms with Gasteiger partial charge in [0.05, 0.1) is 0 Å². The normalized spacial score (nSPS) is 19.0. The van der Waals surface area contributed by atoms with Gasteiger partial charge >= 0.3 is 35.5 Å². The van der Waals surface area contributed by atoms with E-state index in [1.165, 1.54) is 4.90 Å². The van der Waals surface area contributed by atoms with Crippen molar-refractivity contribution in [3.63, 3.8) is 0 Å². The van der Waals surface area contributed by atoms with E-state index in [0.717, 1.165) is 16.7 Å². The Balaban J connectivity index is 0.00000240. The number of hydrogen-bond acceptors (Lipinski definition) is 5. The number of carboxylic acids is 1. The molecule has 0 aromatic heterocycles. The van der Waals surface area contributed by atoms with Crippen LogP contribution >= 0.6 is 23.5 Å². The van der Waals surface area contributed by atoms with Crippen molar-refractivity contribution >= 4 is 40.5 Å². The molecule has 1 aliphatic heterocycles. The van der Waals surface area contributed by atoms with Crippen molar-refractivity contribution in [3.05, 3.63) is 66.2 Å². The molecule has 154 valence electrons. The topological polar surface area (TPSA) is 74.7 Å². The fraction of sp³-hybridized carbons (Fsp3) is 0.318. The second kappa shape index (κ2) is 12.0. The molecule has 1 heterocycles. The minimum atomic E-state index is -0.977. The average Bonchev–Trinajstić information content (AvgIpc) is 3.16. The number of benzene rings is 2. The Bertz CT molecular complexity index is 872. The average molecular weight is 454 g/mol. The number of thioether (sulfide) groups is 2. The van der Waals surface area contributed by atoms with Crippen molar-refractivity contribution < 1.29 is 50.5 Å². The van der Waals surface area contributed by atoms with Crippen molar-refractivity contribution in [2.45, 2.75) is 29.5 Å². The molecule has 0 bridgehead atoms. The summed E-state index contributed by atoms with van der Waals surface area (Å²) >= 11 is 2.70. The maximum Gasteiger partial charge on any atom is 1.00 e. The Morgan fingerprint density at radius 1 is 1.10 bits per heavy atom. The van der Waals surface area contributed by atoms with Crippen LogP contribution in [-0.4, -0.2) is 50.6 Å². The molecule has 2 aromatic carbocycles. The monoisotopic (exact) mass is 453 g/mol. The van der Waals surface area contributed by atoms with Crippen molar-refractivity contribution in [1.82, 2.24) is 4.90 Å². The van der Waals surface area contributed by atoms with E-state index in [1.807, 2.05) is 36.4 Å². The molecule has 3 rings (SSSR count). The molecule has 0 aliphatic carbocycles. The van der Waals surface area contributed by atoms with Crippen molar-refractivity contribution in [2.24, 2.45) is 5.92 Å². The van der Waals surface area contributed by atoms with Gasteiger partial charge in [-0.25, -0.2) is 4.79 Å². The summed E-state index contributed by atoms with van der Waals surface area (Å²) in [5.74, 6) is -1.29. The van der Waals surface area contributed by atoms with Gasteiger partial charge in [-0.2, -0.15) is 0 Å². The second-order valence-electron chi connectivity index (χ2n) is 7.00. The van der Waals surface area contributed by atoms with Crippen LogP contribution in [0.3, 0.4) is 0 Å². The maximum atomic E-state index is 12.9. The van der Waals surface area contributed by atoms with Crippen molar-refractivity contribution in [3.8, 4) is 0 Å². The van der Waals surface area contributed by atoms with E-state index >= 15 is 0 Å². The SMILES string of the molecule is CC(CSC(=O)c1ccccc1)C(=O)N1C[C@@H](Sc2ccccc2)C[C@H]1C(=O)O.[H-].[Na+]. The van der Waals surface area contributed by atoms with Gasteiger partial charge in [0, 0.05) is 33.9 Å². The van der Waals surface area contributed by atoms with Crippen LogP contribution in [0, 0.1) is 5.92 Å². The Morgan fingerprint density at radius 3 is 2.30 bits per heavy atom. The van der Waals surface area contributed by atoms with E-state index in [2.05, 4.69) is 0 Å². The molecule has 1 amide bonds. The first-order valence-electron chi connectivity index (χ1n) is 9.43. The van der Waals surface area contributed by atoms with Crippen molar-refractivity contribution in [2.75, 3.05) is 12.3 Å². The number of carboxylic acid groups (broad SMARTS) is 1. The number of nitrogens with zero attached hydrogens (tertiary/aromatic N) is 1. The third kappa shape index (κ3) is 6.62. The zero-order chi connectivity index (χ0) is 20.8. The van der Waals surface area contributed by atoms with E-state index in [9.17, 15) is 19.5 Å². The number of likely N-dealkylation sites (tertiary alicyclic amines) is 1. The fourth-order valence-electron chi connectivity index (χ4n) is 3.26. The smallest absolute Gasteiger partial charge is 1.00 e.